The van der Waals surface area contributed by atoms with Crippen molar-refractivity contribution in [2.45, 2.75) is 12.8 Å². The minimum Gasteiger partial charge on any atom is -0.167 e. The molecule has 11 heavy (non-hydrogen) atoms. The molecule has 5 heteroatoms. The molecule has 1 rings (SSSR count). The van der Waals surface area contributed by atoms with Gasteiger partial charge in [0.05, 0.1) is 0 Å². The maximum atomic E-state index is 10.0. The van der Waals surface area contributed by atoms with Gasteiger partial charge in [-0.15, -0.1) is 0 Å². The molecule has 0 atom stereocenters. The second-order valence-electron chi connectivity index (χ2n) is 2.05. The van der Waals surface area contributed by atoms with Gasteiger partial charge in [0.25, 0.3) is 5.76 Å². The summed E-state index contributed by atoms with van der Waals surface area (Å²) in [6, 6.07) is 0. The molecule has 1 aliphatic carbocycles. The van der Waals surface area contributed by atoms with Crippen molar-refractivity contribution in [1.29, 1.82) is 0 Å². The van der Waals surface area contributed by atoms with Gasteiger partial charge in [-0.1, -0.05) is 16.4 Å². The number of hydrogen-bond donors (Lipinski definition) is 0. The van der Waals surface area contributed by atoms with Crippen molar-refractivity contribution >= 4 is 0 Å². The number of hydrogen-bond acceptors (Lipinski definition) is 4. The first-order valence-corrected chi connectivity index (χ1v) is 4.27. The largest absolute Gasteiger partial charge is 0.265 e. The van der Waals surface area contributed by atoms with Crippen LogP contribution in [-0.2, 0) is 4.29 Å². The van der Waals surface area contributed by atoms with Crippen LogP contribution >= 0.6 is 0 Å². The van der Waals surface area contributed by atoms with Crippen molar-refractivity contribution in [3.05, 3.63) is 24.0 Å². The first kappa shape index (κ1) is 8.55. The van der Waals surface area contributed by atoms with E-state index < -0.39 is 10.2 Å². The smallest absolute Gasteiger partial charge is 0.167 e. The molecule has 0 amide bonds. The molecule has 0 radical (unpaired) electrons. The molecule has 0 fully saturated rings. The lowest BCUT2D eigenvalue weighted by Gasteiger charge is -2.14. The summed E-state index contributed by atoms with van der Waals surface area (Å²) in [5.41, 5.74) is 0. The van der Waals surface area contributed by atoms with E-state index in [9.17, 15) is 14.0 Å². The summed E-state index contributed by atoms with van der Waals surface area (Å²) >= 11 is 0. The van der Waals surface area contributed by atoms with E-state index in [0.29, 0.717) is 12.8 Å². The van der Waals surface area contributed by atoms with Gasteiger partial charge >= 0.3 is 0 Å². The maximum Gasteiger partial charge on any atom is 0.265 e. The normalized spacial score (nSPS) is 17.9. The Morgan fingerprint density at radius 1 is 1.36 bits per heavy atom. The van der Waals surface area contributed by atoms with Crippen molar-refractivity contribution in [2.24, 2.45) is 0 Å². The fourth-order valence-electron chi connectivity index (χ4n) is 0.766. The molecule has 4 nitrogen and oxygen atoms in total. The minimum atomic E-state index is -4.32. The zero-order valence-electron chi connectivity index (χ0n) is 5.66. The van der Waals surface area contributed by atoms with E-state index >= 15 is 0 Å². The van der Waals surface area contributed by atoms with Crippen molar-refractivity contribution in [3.8, 4) is 0 Å². The van der Waals surface area contributed by atoms with Crippen LogP contribution in [0.15, 0.2) is 24.0 Å². The summed E-state index contributed by atoms with van der Waals surface area (Å²) in [7, 11) is -4.32. The summed E-state index contributed by atoms with van der Waals surface area (Å²) in [5.74, 6) is 0.198. The van der Waals surface area contributed by atoms with Crippen LogP contribution in [0.25, 0.3) is 0 Å². The summed E-state index contributed by atoms with van der Waals surface area (Å²) in [4.78, 5) is 0. The highest BCUT2D eigenvalue weighted by molar-refractivity contribution is 5.12. The van der Waals surface area contributed by atoms with Gasteiger partial charge in [0.15, 0.2) is 0 Å². The van der Waals surface area contributed by atoms with Crippen LogP contribution in [0.2, 0.25) is 0 Å². The Morgan fingerprint density at radius 2 is 2.09 bits per heavy atom. The van der Waals surface area contributed by atoms with Crippen LogP contribution < -0.4 is 14.0 Å². The topological polar surface area (TPSA) is 78.4 Å². The van der Waals surface area contributed by atoms with Crippen molar-refractivity contribution < 1.29 is 28.5 Å². The Bertz CT molecular complexity index is 191. The van der Waals surface area contributed by atoms with Crippen molar-refractivity contribution in [2.75, 3.05) is 0 Å². The molecule has 0 heterocycles. The lowest BCUT2D eigenvalue weighted by molar-refractivity contribution is -1.92. The molecule has 0 saturated heterocycles. The third kappa shape index (κ3) is 3.38. The average molecular weight is 179 g/mol. The molecule has 0 aliphatic heterocycles. The highest BCUT2D eigenvalue weighted by atomic mass is 35.7. The van der Waals surface area contributed by atoms with Gasteiger partial charge in [0.1, 0.15) is 10.2 Å². The highest BCUT2D eigenvalue weighted by Crippen LogP contribution is 2.14. The third-order valence-corrected chi connectivity index (χ3v) is 1.56. The fourth-order valence-corrected chi connectivity index (χ4v) is 1.14. The molecule has 1 aliphatic rings. The van der Waals surface area contributed by atoms with Crippen LogP contribution in [0.3, 0.4) is 0 Å². The van der Waals surface area contributed by atoms with Gasteiger partial charge in [0.2, 0.25) is 0 Å². The van der Waals surface area contributed by atoms with Crippen LogP contribution in [0, 0.1) is 10.2 Å². The van der Waals surface area contributed by atoms with Crippen molar-refractivity contribution in [3.63, 3.8) is 0 Å². The number of rotatable bonds is 2. The summed E-state index contributed by atoms with van der Waals surface area (Å²) in [6.45, 7) is 0. The maximum absolute atomic E-state index is 10.0. The van der Waals surface area contributed by atoms with Crippen molar-refractivity contribution in [1.82, 2.24) is 0 Å². The summed E-state index contributed by atoms with van der Waals surface area (Å²) < 4.78 is 34.2. The predicted octanol–water partition coefficient (Wildman–Crippen LogP) is -1.87. The van der Waals surface area contributed by atoms with Crippen LogP contribution in [0.1, 0.15) is 12.8 Å². The van der Waals surface area contributed by atoms with Crippen LogP contribution in [0.4, 0.5) is 0 Å². The zero-order valence-corrected chi connectivity index (χ0v) is 6.41. The molecule has 0 aromatic heterocycles. The highest BCUT2D eigenvalue weighted by Gasteiger charge is 2.21. The fraction of sp³-hybridized carbons (Fsp3) is 0.333. The predicted molar refractivity (Wildman–Crippen MR) is 27.5 cm³/mol. The average Bonchev–Trinajstić information content (AvgIpc) is 1.85. The molecular weight excluding hydrogens is 172 g/mol. The van der Waals surface area contributed by atoms with E-state index in [-0.39, 0.29) is 5.76 Å². The Hall–Kier alpha value is -0.550. The molecule has 0 N–H and O–H groups in total. The second kappa shape index (κ2) is 3.23. The third-order valence-electron chi connectivity index (χ3n) is 1.17. The number of allylic oxidation sites excluding steroid dienone is 4. The second-order valence-corrected chi connectivity index (χ2v) is 2.97. The molecule has 0 aromatic carbocycles. The molecule has 0 unspecified atom stereocenters. The van der Waals surface area contributed by atoms with Gasteiger partial charge in [-0.3, -0.25) is 0 Å². The van der Waals surface area contributed by atoms with E-state index in [2.05, 4.69) is 4.29 Å². The summed E-state index contributed by atoms with van der Waals surface area (Å²) in [6.07, 6.45) is 6.15. The molecule has 62 valence electrons. The quantitative estimate of drug-likeness (QED) is 0.497. The molecular formula is C6H7ClO4. The molecule has 0 saturated carbocycles. The van der Waals surface area contributed by atoms with Crippen LogP contribution in [-0.4, -0.2) is 0 Å². The van der Waals surface area contributed by atoms with Gasteiger partial charge in [-0.2, -0.15) is 14.0 Å². The minimum absolute atomic E-state index is 0.198. The lowest BCUT2D eigenvalue weighted by Crippen LogP contribution is -2.60. The standard InChI is InChI=1S/C6H7ClO4/c8-7(9,10)11-6-4-2-1-3-5-6/h1-2,4H,3,5H2. The first-order chi connectivity index (χ1) is 5.08. The van der Waals surface area contributed by atoms with E-state index in [1.165, 1.54) is 6.08 Å². The van der Waals surface area contributed by atoms with E-state index in [0.717, 1.165) is 0 Å². The lowest BCUT2D eigenvalue weighted by atomic mass is 10.2. The Balaban J connectivity index is 2.49. The first-order valence-electron chi connectivity index (χ1n) is 3.04. The van der Waals surface area contributed by atoms with E-state index in [1.807, 2.05) is 6.08 Å². The summed E-state index contributed by atoms with van der Waals surface area (Å²) in [5, 5.41) is 0. The zero-order chi connectivity index (χ0) is 8.32. The molecule has 0 aromatic rings. The van der Waals surface area contributed by atoms with E-state index in [1.54, 1.807) is 6.08 Å². The van der Waals surface area contributed by atoms with E-state index in [4.69, 9.17) is 0 Å². The Morgan fingerprint density at radius 3 is 2.55 bits per heavy atom. The number of halogens is 1. The van der Waals surface area contributed by atoms with Gasteiger partial charge in [-0.25, -0.2) is 0 Å². The molecule has 0 bridgehead atoms. The Kier molecular flexibility index (Phi) is 2.51. The SMILES string of the molecule is [O-][Cl+3]([O-])([O-])OC1=CC=CCC1. The monoisotopic (exact) mass is 178 g/mol. The molecule has 0 spiro atoms. The Labute approximate surface area is 66.1 Å². The van der Waals surface area contributed by atoms with Gasteiger partial charge in [-0.05, 0) is 12.5 Å². The van der Waals surface area contributed by atoms with Gasteiger partial charge < -0.3 is 0 Å². The van der Waals surface area contributed by atoms with Crippen LogP contribution in [0.5, 0.6) is 0 Å². The van der Waals surface area contributed by atoms with Gasteiger partial charge in [0, 0.05) is 6.42 Å².